The molecule has 1 aromatic rings. The van der Waals surface area contributed by atoms with Crippen molar-refractivity contribution in [1.29, 1.82) is 0 Å². The molecule has 0 heterocycles. The maximum absolute atomic E-state index is 12.4. The van der Waals surface area contributed by atoms with Gasteiger partial charge in [-0.05, 0) is 38.1 Å². The van der Waals surface area contributed by atoms with Crippen molar-refractivity contribution in [3.63, 3.8) is 0 Å². The highest BCUT2D eigenvalue weighted by Crippen LogP contribution is 2.29. The second-order valence-corrected chi connectivity index (χ2v) is 4.07. The van der Waals surface area contributed by atoms with Crippen molar-refractivity contribution in [3.05, 3.63) is 41.7 Å². The van der Waals surface area contributed by atoms with E-state index in [-0.39, 0.29) is 17.9 Å². The van der Waals surface area contributed by atoms with Gasteiger partial charge in [-0.25, -0.2) is 0 Å². The van der Waals surface area contributed by atoms with Gasteiger partial charge in [-0.2, -0.15) is 13.2 Å². The maximum atomic E-state index is 12.4. The number of halogens is 3. The fraction of sp³-hybridized carbons (Fsp3) is 0.286. The molecule has 0 fully saturated rings. The molecular weight excluding hydrogens is 287 g/mol. The largest absolute Gasteiger partial charge is 0.501 e. The molecule has 1 rings (SSSR count). The summed E-state index contributed by atoms with van der Waals surface area (Å²) < 4.78 is 42.1. The summed E-state index contributed by atoms with van der Waals surface area (Å²) in [6.45, 7) is 3.16. The molecule has 0 aliphatic heterocycles. The van der Waals surface area contributed by atoms with Crippen molar-refractivity contribution in [2.75, 3.05) is 11.9 Å². The summed E-state index contributed by atoms with van der Waals surface area (Å²) in [4.78, 5) is 23.1. The first kappa shape index (κ1) is 16.7. The number of benzene rings is 1. The average molecular weight is 301 g/mol. The molecule has 0 atom stereocenters. The minimum absolute atomic E-state index is 0.150. The van der Waals surface area contributed by atoms with E-state index in [1.807, 2.05) is 0 Å². The number of ether oxygens (including phenoxy) is 1. The predicted octanol–water partition coefficient (Wildman–Crippen LogP) is 3.15. The number of Topliss-reactive ketones (excluding diaryl/α,β-unsaturated/α-hetero) is 1. The van der Waals surface area contributed by atoms with E-state index in [1.54, 1.807) is 6.92 Å². The van der Waals surface area contributed by atoms with Gasteiger partial charge in [0.1, 0.15) is 5.57 Å². The van der Waals surface area contributed by atoms with Crippen LogP contribution in [0.4, 0.5) is 18.9 Å². The van der Waals surface area contributed by atoms with Crippen LogP contribution in [-0.4, -0.2) is 18.3 Å². The van der Waals surface area contributed by atoms with Crippen molar-refractivity contribution >= 4 is 17.4 Å². The molecule has 4 nitrogen and oxygen atoms in total. The van der Waals surface area contributed by atoms with Gasteiger partial charge in [0.2, 0.25) is 0 Å². The lowest BCUT2D eigenvalue weighted by molar-refractivity contribution is -0.137. The van der Waals surface area contributed by atoms with E-state index in [4.69, 9.17) is 4.74 Å². The molecule has 7 heteroatoms. The Morgan fingerprint density at radius 2 is 1.81 bits per heavy atom. The van der Waals surface area contributed by atoms with Gasteiger partial charge in [0.05, 0.1) is 18.4 Å². The zero-order valence-electron chi connectivity index (χ0n) is 11.5. The van der Waals surface area contributed by atoms with Crippen LogP contribution in [0.3, 0.4) is 0 Å². The molecule has 0 spiro atoms. The number of hydrogen-bond donors (Lipinski definition) is 1. The monoisotopic (exact) mass is 301 g/mol. The van der Waals surface area contributed by atoms with Gasteiger partial charge in [-0.15, -0.1) is 0 Å². The first-order valence-electron chi connectivity index (χ1n) is 6.07. The second kappa shape index (κ2) is 6.92. The fourth-order valence-electron chi connectivity index (χ4n) is 1.40. The van der Waals surface area contributed by atoms with E-state index in [2.05, 4.69) is 5.32 Å². The van der Waals surface area contributed by atoms with Gasteiger partial charge in [-0.1, -0.05) is 0 Å². The maximum Gasteiger partial charge on any atom is 0.416 e. The third-order valence-electron chi connectivity index (χ3n) is 2.46. The van der Waals surface area contributed by atoms with E-state index in [9.17, 15) is 22.8 Å². The average Bonchev–Trinajstić information content (AvgIpc) is 2.38. The fourth-order valence-corrected chi connectivity index (χ4v) is 1.40. The lowest BCUT2D eigenvalue weighted by atomic mass is 10.1. The molecule has 0 aliphatic carbocycles. The van der Waals surface area contributed by atoms with Gasteiger partial charge in [0, 0.05) is 5.69 Å². The van der Waals surface area contributed by atoms with Gasteiger partial charge < -0.3 is 10.1 Å². The molecular formula is C14H14F3NO3. The SMILES string of the molecule is CCO/C=C(/C(C)=O)C(=O)Nc1ccc(C(F)(F)F)cc1. The first-order valence-corrected chi connectivity index (χ1v) is 6.07. The Balaban J connectivity index is 2.85. The second-order valence-electron chi connectivity index (χ2n) is 4.07. The quantitative estimate of drug-likeness (QED) is 0.393. The Kier molecular flexibility index (Phi) is 5.52. The van der Waals surface area contributed by atoms with Crippen molar-refractivity contribution in [1.82, 2.24) is 0 Å². The number of rotatable bonds is 5. The van der Waals surface area contributed by atoms with Gasteiger partial charge in [0.25, 0.3) is 5.91 Å². The lowest BCUT2D eigenvalue weighted by Gasteiger charge is -2.09. The molecule has 1 aromatic carbocycles. The smallest absolute Gasteiger partial charge is 0.416 e. The number of alkyl halides is 3. The van der Waals surface area contributed by atoms with E-state index < -0.39 is 23.4 Å². The summed E-state index contributed by atoms with van der Waals surface area (Å²) in [5.74, 6) is -1.25. The molecule has 0 aromatic heterocycles. The molecule has 114 valence electrons. The molecule has 0 unspecified atom stereocenters. The molecule has 1 N–H and O–H groups in total. The Morgan fingerprint density at radius 3 is 2.24 bits per heavy atom. The molecule has 0 saturated carbocycles. The van der Waals surface area contributed by atoms with Crippen LogP contribution in [0.25, 0.3) is 0 Å². The highest BCUT2D eigenvalue weighted by molar-refractivity contribution is 6.22. The first-order chi connectivity index (χ1) is 9.75. The van der Waals surface area contributed by atoms with E-state index in [0.29, 0.717) is 0 Å². The highest BCUT2D eigenvalue weighted by Gasteiger charge is 2.30. The van der Waals surface area contributed by atoms with Crippen LogP contribution in [0.5, 0.6) is 0 Å². The summed E-state index contributed by atoms with van der Waals surface area (Å²) in [7, 11) is 0. The number of anilines is 1. The standard InChI is InChI=1S/C14H14F3NO3/c1-3-21-8-12(9(2)19)13(20)18-11-6-4-10(5-7-11)14(15,16)17/h4-8H,3H2,1-2H3,(H,18,20)/b12-8-. The summed E-state index contributed by atoms with van der Waals surface area (Å²) in [6.07, 6.45) is -3.41. The third kappa shape index (κ3) is 4.94. The van der Waals surface area contributed by atoms with Crippen molar-refractivity contribution in [2.45, 2.75) is 20.0 Å². The van der Waals surface area contributed by atoms with E-state index in [1.165, 1.54) is 6.92 Å². The Labute approximate surface area is 119 Å². The summed E-state index contributed by atoms with van der Waals surface area (Å²) in [5, 5.41) is 2.34. The third-order valence-corrected chi connectivity index (χ3v) is 2.46. The predicted molar refractivity (Wildman–Crippen MR) is 70.5 cm³/mol. The van der Waals surface area contributed by atoms with E-state index in [0.717, 1.165) is 30.5 Å². The minimum Gasteiger partial charge on any atom is -0.501 e. The van der Waals surface area contributed by atoms with Crippen LogP contribution in [-0.2, 0) is 20.5 Å². The molecule has 0 aliphatic rings. The summed E-state index contributed by atoms with van der Waals surface area (Å²) >= 11 is 0. The normalized spacial score (nSPS) is 12.0. The van der Waals surface area contributed by atoms with Crippen LogP contribution in [0.1, 0.15) is 19.4 Å². The molecule has 0 radical (unpaired) electrons. The molecule has 0 bridgehead atoms. The zero-order valence-corrected chi connectivity index (χ0v) is 11.5. The number of carbonyl (C=O) groups is 2. The van der Waals surface area contributed by atoms with Crippen molar-refractivity contribution < 1.29 is 27.5 Å². The summed E-state index contributed by atoms with van der Waals surface area (Å²) in [5.41, 5.74) is -0.884. The molecule has 0 saturated heterocycles. The Morgan fingerprint density at radius 1 is 1.24 bits per heavy atom. The highest BCUT2D eigenvalue weighted by atomic mass is 19.4. The number of nitrogens with one attached hydrogen (secondary N) is 1. The minimum atomic E-state index is -4.44. The van der Waals surface area contributed by atoms with Crippen LogP contribution in [0.2, 0.25) is 0 Å². The zero-order chi connectivity index (χ0) is 16.0. The molecule has 1 amide bonds. The Bertz CT molecular complexity index is 548. The van der Waals surface area contributed by atoms with Crippen LogP contribution < -0.4 is 5.32 Å². The summed E-state index contributed by atoms with van der Waals surface area (Å²) in [6, 6.07) is 3.91. The van der Waals surface area contributed by atoms with Crippen LogP contribution >= 0.6 is 0 Å². The lowest BCUT2D eigenvalue weighted by Crippen LogP contribution is -2.19. The number of ketones is 1. The van der Waals surface area contributed by atoms with Crippen LogP contribution in [0, 0.1) is 0 Å². The molecule has 21 heavy (non-hydrogen) atoms. The van der Waals surface area contributed by atoms with Crippen LogP contribution in [0.15, 0.2) is 36.1 Å². The van der Waals surface area contributed by atoms with Crippen molar-refractivity contribution in [3.8, 4) is 0 Å². The topological polar surface area (TPSA) is 55.4 Å². The number of amides is 1. The van der Waals surface area contributed by atoms with E-state index >= 15 is 0 Å². The number of hydrogen-bond acceptors (Lipinski definition) is 3. The van der Waals surface area contributed by atoms with Gasteiger partial charge in [-0.3, -0.25) is 9.59 Å². The van der Waals surface area contributed by atoms with Gasteiger partial charge >= 0.3 is 6.18 Å². The number of carbonyl (C=O) groups excluding carboxylic acids is 2. The Hall–Kier alpha value is -2.31. The van der Waals surface area contributed by atoms with Crippen molar-refractivity contribution in [2.24, 2.45) is 0 Å². The van der Waals surface area contributed by atoms with Gasteiger partial charge in [0.15, 0.2) is 5.78 Å².